The molecule has 0 saturated carbocycles. The van der Waals surface area contributed by atoms with Gasteiger partial charge in [-0.05, 0) is 60.7 Å². The van der Waals surface area contributed by atoms with Crippen LogP contribution in [-0.4, -0.2) is 69.5 Å². The van der Waals surface area contributed by atoms with Gasteiger partial charge < -0.3 is 19.3 Å². The monoisotopic (exact) mass is 680 g/mol. The predicted molar refractivity (Wildman–Crippen MR) is 135 cm³/mol. The second kappa shape index (κ2) is 14.5. The second-order valence-corrected chi connectivity index (χ2v) is 10.8. The van der Waals surface area contributed by atoms with Crippen LogP contribution in [0.2, 0.25) is 0 Å². The van der Waals surface area contributed by atoms with E-state index in [-0.39, 0.29) is 114 Å². The molecule has 0 atom stereocenters. The van der Waals surface area contributed by atoms with E-state index in [0.717, 1.165) is 71.4 Å². The SMILES string of the molecule is O=C(O)C1=NN(c2ccc(S(=O)(=O)[O-])cc2)C(=O)C1=CC=Cc1c(C(=O)O)[nH]n(-c2ccc(S(=O)(=O)[O-])cc2)c1=O.[K+].[K+]. The van der Waals surface area contributed by atoms with E-state index in [9.17, 15) is 55.3 Å². The molecule has 3 N–H and O–H groups in total. The average Bonchev–Trinajstić information content (AvgIpc) is 3.40. The van der Waals surface area contributed by atoms with Crippen LogP contribution in [0.25, 0.3) is 11.8 Å². The molecule has 212 valence electrons. The van der Waals surface area contributed by atoms with Gasteiger partial charge in [-0.25, -0.2) is 31.1 Å². The summed E-state index contributed by atoms with van der Waals surface area (Å²) in [7, 11) is -9.55. The van der Waals surface area contributed by atoms with Crippen molar-refractivity contribution in [2.45, 2.75) is 9.79 Å². The Bertz CT molecular complexity index is 1980. The van der Waals surface area contributed by atoms with Gasteiger partial charge in [-0.2, -0.15) is 10.1 Å². The number of nitrogens with one attached hydrogen (secondary N) is 1. The number of carboxylic acids is 2. The minimum atomic E-state index is -4.78. The first-order valence-electron chi connectivity index (χ1n) is 10.9. The molecule has 1 amide bonds. The second-order valence-electron chi connectivity index (χ2n) is 8.05. The van der Waals surface area contributed by atoms with E-state index in [1.54, 1.807) is 0 Å². The third-order valence-corrected chi connectivity index (χ3v) is 7.20. The van der Waals surface area contributed by atoms with E-state index in [4.69, 9.17) is 0 Å². The Morgan fingerprint density at radius 2 is 1.30 bits per heavy atom. The van der Waals surface area contributed by atoms with Gasteiger partial charge in [0.25, 0.3) is 11.5 Å². The average molecular weight is 681 g/mol. The van der Waals surface area contributed by atoms with Gasteiger partial charge in [0.1, 0.15) is 20.2 Å². The zero-order valence-corrected chi connectivity index (χ0v) is 29.9. The molecule has 43 heavy (non-hydrogen) atoms. The Labute approximate surface area is 327 Å². The quantitative estimate of drug-likeness (QED) is 0.114. The van der Waals surface area contributed by atoms with Gasteiger partial charge in [-0.3, -0.25) is 14.7 Å². The van der Waals surface area contributed by atoms with Crippen LogP contribution in [0.3, 0.4) is 0 Å². The Balaban J connectivity index is 0.00000323. The summed E-state index contributed by atoms with van der Waals surface area (Å²) in [6.45, 7) is 0. The minimum Gasteiger partial charge on any atom is -0.744 e. The maximum absolute atomic E-state index is 12.9. The fourth-order valence-corrected chi connectivity index (χ4v) is 4.54. The molecule has 1 aromatic heterocycles. The third-order valence-electron chi connectivity index (χ3n) is 5.50. The van der Waals surface area contributed by atoms with Crippen LogP contribution in [0, 0.1) is 0 Å². The molecule has 3 aromatic rings. The van der Waals surface area contributed by atoms with Crippen molar-refractivity contribution in [2.24, 2.45) is 5.10 Å². The number of amides is 1. The van der Waals surface area contributed by atoms with E-state index >= 15 is 0 Å². The molecule has 0 saturated heterocycles. The van der Waals surface area contributed by atoms with Crippen LogP contribution in [0.15, 0.2) is 85.9 Å². The van der Waals surface area contributed by atoms with E-state index in [1.165, 1.54) is 0 Å². The van der Waals surface area contributed by atoms with Gasteiger partial charge >= 0.3 is 115 Å². The number of hydrogen-bond acceptors (Lipinski definition) is 11. The van der Waals surface area contributed by atoms with Crippen LogP contribution < -0.4 is 113 Å². The number of aromatic carboxylic acids is 1. The summed E-state index contributed by atoms with van der Waals surface area (Å²) in [5.74, 6) is -4.15. The van der Waals surface area contributed by atoms with Crippen molar-refractivity contribution in [1.29, 1.82) is 0 Å². The number of allylic oxidation sites excluding steroid dienone is 2. The first-order valence-corrected chi connectivity index (χ1v) is 13.7. The molecule has 16 nitrogen and oxygen atoms in total. The Morgan fingerprint density at radius 1 is 0.814 bits per heavy atom. The maximum atomic E-state index is 12.9. The number of hydrogen-bond donors (Lipinski definition) is 3. The third kappa shape index (κ3) is 8.23. The van der Waals surface area contributed by atoms with Gasteiger partial charge in [-0.1, -0.05) is 6.08 Å². The zero-order valence-electron chi connectivity index (χ0n) is 22.0. The molecule has 20 heteroatoms. The number of hydrazone groups is 1. The molecule has 0 fully saturated rings. The zero-order chi connectivity index (χ0) is 30.3. The van der Waals surface area contributed by atoms with Crippen molar-refractivity contribution in [3.8, 4) is 5.69 Å². The molecule has 4 rings (SSSR count). The number of anilines is 1. The first-order chi connectivity index (χ1) is 19.1. The molecule has 0 radical (unpaired) electrons. The number of carbonyl (C=O) groups excluding carboxylic acids is 1. The van der Waals surface area contributed by atoms with Gasteiger partial charge in [-0.15, -0.1) is 0 Å². The van der Waals surface area contributed by atoms with Gasteiger partial charge in [0, 0.05) is 0 Å². The molecule has 2 aromatic carbocycles. The molecule has 2 heterocycles. The number of rotatable bonds is 8. The number of carbonyl (C=O) groups is 3. The largest absolute Gasteiger partial charge is 1.00 e. The fourth-order valence-electron chi connectivity index (χ4n) is 3.60. The van der Waals surface area contributed by atoms with E-state index in [0.29, 0.717) is 5.01 Å². The van der Waals surface area contributed by atoms with Crippen molar-refractivity contribution in [2.75, 3.05) is 5.01 Å². The molecule has 1 aliphatic heterocycles. The maximum Gasteiger partial charge on any atom is 1.00 e. The first kappa shape index (κ1) is 37.3. The fraction of sp³-hybridized carbons (Fsp3) is 0. The number of aliphatic carboxylic acids is 1. The molecule has 0 unspecified atom stereocenters. The van der Waals surface area contributed by atoms with Crippen molar-refractivity contribution in [3.63, 3.8) is 0 Å². The smallest absolute Gasteiger partial charge is 0.744 e. The van der Waals surface area contributed by atoms with Crippen LogP contribution >= 0.6 is 0 Å². The van der Waals surface area contributed by atoms with Crippen molar-refractivity contribution < 1.29 is 153 Å². The Morgan fingerprint density at radius 3 is 1.74 bits per heavy atom. The molecular formula is C23H14K2N4O12S2. The van der Waals surface area contributed by atoms with Crippen molar-refractivity contribution in [3.05, 3.63) is 87.9 Å². The standard InChI is InChI=1S/C23H16N4O12S2.2K/c28-20-16(18(22(30)31)24-26(20)12-4-8-14(9-5-12)40(34,35)36)2-1-3-17-19(23(32)33)25-27(21(17)29)13-6-10-15(11-7-13)41(37,38)39;;/h1-11,24H,(H,30,31)(H,32,33)(H,34,35,36)(H,37,38,39);;/q;2*+1/p-2. The normalized spacial score (nSPS) is 14.4. The molecular weight excluding hydrogens is 667 g/mol. The summed E-state index contributed by atoms with van der Waals surface area (Å²) in [5, 5.41) is 25.7. The summed E-state index contributed by atoms with van der Waals surface area (Å²) in [5.41, 5.74) is -3.23. The topological polar surface area (TPSA) is 259 Å². The molecule has 0 spiro atoms. The number of benzene rings is 2. The van der Waals surface area contributed by atoms with Crippen LogP contribution in [-0.2, 0) is 29.8 Å². The number of H-pyrrole nitrogens is 1. The molecule has 1 aliphatic rings. The Hall–Kier alpha value is -1.90. The van der Waals surface area contributed by atoms with E-state index < -0.39 is 76.0 Å². The summed E-state index contributed by atoms with van der Waals surface area (Å²) in [6.07, 6.45) is 2.96. The number of aromatic amines is 1. The van der Waals surface area contributed by atoms with E-state index in [1.807, 2.05) is 0 Å². The summed E-state index contributed by atoms with van der Waals surface area (Å²) >= 11 is 0. The van der Waals surface area contributed by atoms with Gasteiger partial charge in [0.2, 0.25) is 0 Å². The van der Waals surface area contributed by atoms with Crippen LogP contribution in [0.5, 0.6) is 0 Å². The van der Waals surface area contributed by atoms with Gasteiger partial charge in [0.05, 0.1) is 32.3 Å². The number of aromatic nitrogens is 2. The number of nitrogens with zero attached hydrogens (tertiary/aromatic N) is 3. The number of carboxylic acid groups (broad SMARTS) is 2. The predicted octanol–water partition coefficient (Wildman–Crippen LogP) is -5.89. The van der Waals surface area contributed by atoms with Crippen LogP contribution in [0.1, 0.15) is 16.1 Å². The summed E-state index contributed by atoms with van der Waals surface area (Å²) in [4.78, 5) is 48.1. The molecule has 0 bridgehead atoms. The van der Waals surface area contributed by atoms with E-state index in [2.05, 4.69) is 10.2 Å². The van der Waals surface area contributed by atoms with Crippen LogP contribution in [0.4, 0.5) is 5.69 Å². The minimum absolute atomic E-state index is 0. The van der Waals surface area contributed by atoms with Gasteiger partial charge in [0.15, 0.2) is 11.4 Å². The van der Waals surface area contributed by atoms with Crippen molar-refractivity contribution >= 4 is 55.6 Å². The Kier molecular flexibility index (Phi) is 12.5. The molecule has 0 aliphatic carbocycles. The summed E-state index contributed by atoms with van der Waals surface area (Å²) < 4.78 is 67.5. The summed E-state index contributed by atoms with van der Waals surface area (Å²) in [6, 6.07) is 7.94. The van der Waals surface area contributed by atoms with Crippen molar-refractivity contribution in [1.82, 2.24) is 9.78 Å².